The van der Waals surface area contributed by atoms with Gasteiger partial charge in [-0.25, -0.2) is 4.63 Å². The van der Waals surface area contributed by atoms with E-state index in [1.54, 1.807) is 12.1 Å². The molecule has 0 saturated carbocycles. The van der Waals surface area contributed by atoms with E-state index in [2.05, 4.69) is 14.9 Å². The quantitative estimate of drug-likeness (QED) is 0.712. The van der Waals surface area contributed by atoms with Gasteiger partial charge in [-0.3, -0.25) is 0 Å². The van der Waals surface area contributed by atoms with Crippen molar-refractivity contribution in [2.75, 3.05) is 5.73 Å². The van der Waals surface area contributed by atoms with Crippen molar-refractivity contribution in [1.29, 1.82) is 0 Å². The van der Waals surface area contributed by atoms with Gasteiger partial charge < -0.3 is 10.5 Å². The zero-order valence-electron chi connectivity index (χ0n) is 9.54. The Bertz CT molecular complexity index is 664. The summed E-state index contributed by atoms with van der Waals surface area (Å²) in [6, 6.07) is 13.4. The van der Waals surface area contributed by atoms with Crippen molar-refractivity contribution in [2.45, 2.75) is 6.61 Å². The average molecular weight is 241 g/mol. The molecule has 2 N–H and O–H groups in total. The summed E-state index contributed by atoms with van der Waals surface area (Å²) < 4.78 is 10.4. The number of nitrogen functional groups attached to an aromatic ring is 1. The molecule has 0 unspecified atom stereocenters. The van der Waals surface area contributed by atoms with Gasteiger partial charge in [0.1, 0.15) is 6.61 Å². The molecule has 1 heterocycles. The molecule has 0 aliphatic rings. The first-order chi connectivity index (χ1) is 8.84. The molecular formula is C13H11N3O2. The van der Waals surface area contributed by atoms with E-state index in [1.807, 2.05) is 30.3 Å². The molecule has 0 bridgehead atoms. The Balaban J connectivity index is 1.87. The summed E-state index contributed by atoms with van der Waals surface area (Å²) in [6.45, 7) is 0.465. The number of hydrogen-bond donors (Lipinski definition) is 1. The minimum absolute atomic E-state index is 0.465. The van der Waals surface area contributed by atoms with E-state index < -0.39 is 0 Å². The normalized spacial score (nSPS) is 10.7. The van der Waals surface area contributed by atoms with E-state index >= 15 is 0 Å². The van der Waals surface area contributed by atoms with Gasteiger partial charge in [-0.2, -0.15) is 0 Å². The maximum Gasteiger partial charge on any atom is 0.179 e. The summed E-state index contributed by atoms with van der Waals surface area (Å²) in [4.78, 5) is 0. The molecule has 1 aromatic heterocycles. The van der Waals surface area contributed by atoms with Crippen LogP contribution in [0.1, 0.15) is 5.56 Å². The molecule has 3 aromatic rings. The third kappa shape index (κ3) is 1.86. The molecule has 90 valence electrons. The zero-order chi connectivity index (χ0) is 12.4. The topological polar surface area (TPSA) is 74.2 Å². The number of aromatic nitrogens is 2. The highest BCUT2D eigenvalue weighted by Gasteiger charge is 2.10. The van der Waals surface area contributed by atoms with Gasteiger partial charge in [-0.05, 0) is 28.0 Å². The van der Waals surface area contributed by atoms with Crippen molar-refractivity contribution < 1.29 is 9.37 Å². The second-order valence-corrected chi connectivity index (χ2v) is 3.89. The van der Waals surface area contributed by atoms with Crippen LogP contribution in [0, 0.1) is 0 Å². The number of benzene rings is 2. The van der Waals surface area contributed by atoms with E-state index in [4.69, 9.17) is 10.5 Å². The smallest absolute Gasteiger partial charge is 0.179 e. The number of hydrogen-bond acceptors (Lipinski definition) is 5. The fourth-order valence-corrected chi connectivity index (χ4v) is 1.71. The van der Waals surface area contributed by atoms with Crippen LogP contribution in [0.3, 0.4) is 0 Å². The first-order valence-corrected chi connectivity index (χ1v) is 5.52. The van der Waals surface area contributed by atoms with Gasteiger partial charge in [-0.1, -0.05) is 30.3 Å². The molecule has 3 rings (SSSR count). The number of rotatable bonds is 3. The molecule has 5 heteroatoms. The lowest BCUT2D eigenvalue weighted by molar-refractivity contribution is 0.299. The Morgan fingerprint density at radius 3 is 2.61 bits per heavy atom. The molecule has 18 heavy (non-hydrogen) atoms. The van der Waals surface area contributed by atoms with Crippen molar-refractivity contribution in [3.05, 3.63) is 48.0 Å². The summed E-state index contributed by atoms with van der Waals surface area (Å²) in [7, 11) is 0. The first-order valence-electron chi connectivity index (χ1n) is 5.52. The van der Waals surface area contributed by atoms with Crippen LogP contribution in [-0.4, -0.2) is 10.3 Å². The van der Waals surface area contributed by atoms with Gasteiger partial charge in [0.05, 0.1) is 5.69 Å². The highest BCUT2D eigenvalue weighted by Crippen LogP contribution is 2.27. The molecule has 0 aliphatic heterocycles. The van der Waals surface area contributed by atoms with Crippen LogP contribution in [-0.2, 0) is 6.61 Å². The van der Waals surface area contributed by atoms with Crippen LogP contribution in [0.5, 0.6) is 5.75 Å². The van der Waals surface area contributed by atoms with Crippen LogP contribution in [0.4, 0.5) is 5.69 Å². The Labute approximate surface area is 103 Å². The highest BCUT2D eigenvalue weighted by molar-refractivity contribution is 5.90. The molecule has 5 nitrogen and oxygen atoms in total. The van der Waals surface area contributed by atoms with Gasteiger partial charge in [-0.15, -0.1) is 0 Å². The first kappa shape index (κ1) is 10.6. The number of nitrogens with two attached hydrogens (primary N) is 1. The lowest BCUT2D eigenvalue weighted by atomic mass is 10.2. The summed E-state index contributed by atoms with van der Waals surface area (Å²) >= 11 is 0. The Hall–Kier alpha value is -2.56. The molecule has 2 aromatic carbocycles. The van der Waals surface area contributed by atoms with Crippen molar-refractivity contribution >= 4 is 16.7 Å². The summed E-state index contributed by atoms with van der Waals surface area (Å²) in [6.07, 6.45) is 0. The molecular weight excluding hydrogens is 230 g/mol. The van der Waals surface area contributed by atoms with Gasteiger partial charge in [0.25, 0.3) is 0 Å². The standard InChI is InChI=1S/C13H11N3O2/c14-10-6-7-11(13-12(10)15-18-16-13)17-8-9-4-2-1-3-5-9/h1-7H,8,14H2. The van der Waals surface area contributed by atoms with Gasteiger partial charge in [0, 0.05) is 0 Å². The van der Waals surface area contributed by atoms with Crippen LogP contribution < -0.4 is 10.5 Å². The minimum Gasteiger partial charge on any atom is -0.486 e. The summed E-state index contributed by atoms with van der Waals surface area (Å²) in [5, 5.41) is 7.54. The van der Waals surface area contributed by atoms with Gasteiger partial charge >= 0.3 is 0 Å². The van der Waals surface area contributed by atoms with Crippen molar-refractivity contribution in [3.8, 4) is 5.75 Å². The van der Waals surface area contributed by atoms with Crippen molar-refractivity contribution in [2.24, 2.45) is 0 Å². The summed E-state index contributed by atoms with van der Waals surface area (Å²) in [5.74, 6) is 0.615. The van der Waals surface area contributed by atoms with Crippen molar-refractivity contribution in [1.82, 2.24) is 10.3 Å². The number of anilines is 1. The van der Waals surface area contributed by atoms with Gasteiger partial charge in [0.15, 0.2) is 16.8 Å². The number of nitrogens with zero attached hydrogens (tertiary/aromatic N) is 2. The highest BCUT2D eigenvalue weighted by atomic mass is 16.6. The van der Waals surface area contributed by atoms with Crippen LogP contribution in [0.15, 0.2) is 47.1 Å². The minimum atomic E-state index is 0.465. The van der Waals surface area contributed by atoms with Crippen LogP contribution in [0.2, 0.25) is 0 Å². The van der Waals surface area contributed by atoms with Crippen LogP contribution >= 0.6 is 0 Å². The molecule has 0 saturated heterocycles. The zero-order valence-corrected chi connectivity index (χ0v) is 9.54. The number of fused-ring (bicyclic) bond motifs is 1. The average Bonchev–Trinajstić information content (AvgIpc) is 2.90. The second-order valence-electron chi connectivity index (χ2n) is 3.89. The molecule has 0 radical (unpaired) electrons. The molecule has 0 spiro atoms. The predicted molar refractivity (Wildman–Crippen MR) is 67.0 cm³/mol. The molecule has 0 amide bonds. The molecule has 0 atom stereocenters. The second kappa shape index (κ2) is 4.37. The fourth-order valence-electron chi connectivity index (χ4n) is 1.71. The third-order valence-corrected chi connectivity index (χ3v) is 2.65. The predicted octanol–water partition coefficient (Wildman–Crippen LogP) is 2.38. The molecule has 0 aliphatic carbocycles. The maximum absolute atomic E-state index is 5.76. The number of ether oxygens (including phenoxy) is 1. The lowest BCUT2D eigenvalue weighted by Crippen LogP contribution is -1.96. The van der Waals surface area contributed by atoms with E-state index in [0.29, 0.717) is 29.1 Å². The molecule has 0 fully saturated rings. The summed E-state index contributed by atoms with van der Waals surface area (Å²) in [5.41, 5.74) is 8.44. The van der Waals surface area contributed by atoms with E-state index in [1.165, 1.54) is 0 Å². The lowest BCUT2D eigenvalue weighted by Gasteiger charge is -2.06. The fraction of sp³-hybridized carbons (Fsp3) is 0.0769. The SMILES string of the molecule is Nc1ccc(OCc2ccccc2)c2nonc12. The van der Waals surface area contributed by atoms with Gasteiger partial charge in [0.2, 0.25) is 0 Å². The largest absolute Gasteiger partial charge is 0.486 e. The van der Waals surface area contributed by atoms with Crippen molar-refractivity contribution in [3.63, 3.8) is 0 Å². The van der Waals surface area contributed by atoms with E-state index in [0.717, 1.165) is 5.56 Å². The maximum atomic E-state index is 5.76. The monoisotopic (exact) mass is 241 g/mol. The van der Waals surface area contributed by atoms with E-state index in [9.17, 15) is 0 Å². The van der Waals surface area contributed by atoms with E-state index in [-0.39, 0.29) is 0 Å². The third-order valence-electron chi connectivity index (χ3n) is 2.65. The Morgan fingerprint density at radius 2 is 1.78 bits per heavy atom. The van der Waals surface area contributed by atoms with Crippen LogP contribution in [0.25, 0.3) is 11.0 Å². The Kier molecular flexibility index (Phi) is 2.57. The Morgan fingerprint density at radius 1 is 1.00 bits per heavy atom.